The molecule has 0 aliphatic rings. The van der Waals surface area contributed by atoms with Crippen LogP contribution in [0.3, 0.4) is 0 Å². The van der Waals surface area contributed by atoms with E-state index < -0.39 is 0 Å². The molecule has 1 N–H and O–H groups in total. The zero-order valence-corrected chi connectivity index (χ0v) is 11.1. The predicted molar refractivity (Wildman–Crippen MR) is 77.4 cm³/mol. The Morgan fingerprint density at radius 1 is 1.00 bits per heavy atom. The fourth-order valence-corrected chi connectivity index (χ4v) is 1.79. The van der Waals surface area contributed by atoms with E-state index in [1.807, 2.05) is 38.1 Å². The van der Waals surface area contributed by atoms with Gasteiger partial charge in [-0.1, -0.05) is 47.5 Å². The molecule has 0 aliphatic heterocycles. The topological polar surface area (TPSA) is 37.3 Å². The first-order valence-corrected chi connectivity index (χ1v) is 6.15. The lowest BCUT2D eigenvalue weighted by Gasteiger charge is -2.01. The molecular weight excluding hydrogens is 236 g/mol. The third-order valence-corrected chi connectivity index (χ3v) is 2.92. The van der Waals surface area contributed by atoms with E-state index in [2.05, 4.69) is 0 Å². The number of rotatable bonds is 3. The molecule has 19 heavy (non-hydrogen) atoms. The van der Waals surface area contributed by atoms with Gasteiger partial charge in [0.2, 0.25) is 0 Å². The maximum atomic E-state index is 12.0. The smallest absolute Gasteiger partial charge is 0.189 e. The van der Waals surface area contributed by atoms with Crippen LogP contribution >= 0.6 is 0 Å². The summed E-state index contributed by atoms with van der Waals surface area (Å²) in [5.41, 5.74) is 3.43. The first-order valence-electron chi connectivity index (χ1n) is 6.15. The van der Waals surface area contributed by atoms with Crippen LogP contribution < -0.4 is 0 Å². The highest BCUT2D eigenvalue weighted by molar-refractivity contribution is 6.08. The molecule has 96 valence electrons. The molecule has 2 aromatic rings. The molecular formula is C17H16O2. The van der Waals surface area contributed by atoms with Crippen molar-refractivity contribution < 1.29 is 9.90 Å². The zero-order valence-electron chi connectivity index (χ0n) is 11.1. The van der Waals surface area contributed by atoms with Gasteiger partial charge in [-0.15, -0.1) is 0 Å². The average molecular weight is 252 g/mol. The average Bonchev–Trinajstić information content (AvgIpc) is 2.40. The van der Waals surface area contributed by atoms with Gasteiger partial charge in [0.05, 0.1) is 5.56 Å². The minimum absolute atomic E-state index is 0.0177. The fraction of sp³-hybridized carbons (Fsp3) is 0.118. The van der Waals surface area contributed by atoms with Crippen LogP contribution in [0, 0.1) is 13.8 Å². The lowest BCUT2D eigenvalue weighted by Crippen LogP contribution is -1.95. The van der Waals surface area contributed by atoms with Crippen molar-refractivity contribution in [3.63, 3.8) is 0 Å². The van der Waals surface area contributed by atoms with Crippen LogP contribution in [0.15, 0.2) is 48.5 Å². The van der Waals surface area contributed by atoms with Crippen LogP contribution in [0.2, 0.25) is 0 Å². The maximum Gasteiger partial charge on any atom is 0.189 e. The summed E-state index contributed by atoms with van der Waals surface area (Å²) >= 11 is 0. The number of aromatic hydroxyl groups is 1. The van der Waals surface area contributed by atoms with Crippen LogP contribution in [-0.4, -0.2) is 10.9 Å². The van der Waals surface area contributed by atoms with Crippen LogP contribution in [0.4, 0.5) is 0 Å². The molecule has 0 amide bonds. The van der Waals surface area contributed by atoms with E-state index in [0.717, 1.165) is 11.1 Å². The number of hydrogen-bond acceptors (Lipinski definition) is 2. The van der Waals surface area contributed by atoms with E-state index in [9.17, 15) is 9.90 Å². The maximum absolute atomic E-state index is 12.0. The van der Waals surface area contributed by atoms with Gasteiger partial charge in [0, 0.05) is 0 Å². The normalized spacial score (nSPS) is 10.8. The molecule has 0 aliphatic carbocycles. The van der Waals surface area contributed by atoms with E-state index in [1.54, 1.807) is 24.3 Å². The van der Waals surface area contributed by atoms with Gasteiger partial charge >= 0.3 is 0 Å². The first kappa shape index (κ1) is 13.1. The number of ketones is 1. The van der Waals surface area contributed by atoms with Crippen LogP contribution in [-0.2, 0) is 0 Å². The Balaban J connectivity index is 2.21. The molecule has 0 bridgehead atoms. The lowest BCUT2D eigenvalue weighted by atomic mass is 10.1. The highest BCUT2D eigenvalue weighted by Gasteiger charge is 2.07. The fourth-order valence-electron chi connectivity index (χ4n) is 1.79. The highest BCUT2D eigenvalue weighted by Crippen LogP contribution is 2.19. The zero-order chi connectivity index (χ0) is 13.8. The van der Waals surface area contributed by atoms with Crippen molar-refractivity contribution in [2.75, 3.05) is 0 Å². The summed E-state index contributed by atoms with van der Waals surface area (Å²) < 4.78 is 0. The summed E-state index contributed by atoms with van der Waals surface area (Å²) in [6, 6.07) is 12.9. The molecule has 0 aromatic heterocycles. The number of carbonyl (C=O) groups is 1. The summed E-state index contributed by atoms with van der Waals surface area (Å²) in [7, 11) is 0. The Morgan fingerprint density at radius 3 is 2.32 bits per heavy atom. The van der Waals surface area contributed by atoms with Crippen LogP contribution in [0.5, 0.6) is 5.75 Å². The molecule has 0 saturated carbocycles. The van der Waals surface area contributed by atoms with E-state index in [-0.39, 0.29) is 11.5 Å². The predicted octanol–water partition coefficient (Wildman–Crippen LogP) is 3.91. The van der Waals surface area contributed by atoms with E-state index in [0.29, 0.717) is 5.56 Å². The van der Waals surface area contributed by atoms with Gasteiger partial charge in [0.1, 0.15) is 5.75 Å². The second-order valence-electron chi connectivity index (χ2n) is 4.63. The van der Waals surface area contributed by atoms with Gasteiger partial charge in [-0.05, 0) is 37.6 Å². The SMILES string of the molecule is Cc1ccc(/C=C/C(=O)c2cc(C)ccc2O)cc1. The van der Waals surface area contributed by atoms with Crippen molar-refractivity contribution in [3.05, 3.63) is 70.8 Å². The van der Waals surface area contributed by atoms with Gasteiger partial charge in [-0.2, -0.15) is 0 Å². The molecule has 2 rings (SSSR count). The minimum Gasteiger partial charge on any atom is -0.507 e. The molecule has 0 spiro atoms. The third kappa shape index (κ3) is 3.32. The number of hydrogen-bond donors (Lipinski definition) is 1. The van der Waals surface area contributed by atoms with E-state index in [4.69, 9.17) is 0 Å². The highest BCUT2D eigenvalue weighted by atomic mass is 16.3. The van der Waals surface area contributed by atoms with Gasteiger partial charge < -0.3 is 5.11 Å². The summed E-state index contributed by atoms with van der Waals surface area (Å²) in [5.74, 6) is -0.175. The number of benzene rings is 2. The largest absolute Gasteiger partial charge is 0.507 e. The number of allylic oxidation sites excluding steroid dienone is 1. The molecule has 0 atom stereocenters. The molecule has 0 heterocycles. The van der Waals surface area contributed by atoms with Crippen LogP contribution in [0.25, 0.3) is 6.08 Å². The van der Waals surface area contributed by atoms with Crippen molar-refractivity contribution in [1.82, 2.24) is 0 Å². The van der Waals surface area contributed by atoms with Crippen LogP contribution in [0.1, 0.15) is 27.0 Å². The second kappa shape index (κ2) is 5.53. The van der Waals surface area contributed by atoms with Gasteiger partial charge in [-0.25, -0.2) is 0 Å². The van der Waals surface area contributed by atoms with Gasteiger partial charge in [0.15, 0.2) is 5.78 Å². The molecule has 0 radical (unpaired) electrons. The van der Waals surface area contributed by atoms with Crippen molar-refractivity contribution in [2.24, 2.45) is 0 Å². The number of phenolic OH excluding ortho intramolecular Hbond substituents is 1. The summed E-state index contributed by atoms with van der Waals surface area (Å²) in [5, 5.41) is 9.68. The molecule has 2 aromatic carbocycles. The number of carbonyl (C=O) groups excluding carboxylic acids is 1. The van der Waals surface area contributed by atoms with Gasteiger partial charge in [-0.3, -0.25) is 4.79 Å². The molecule has 2 heteroatoms. The number of aryl methyl sites for hydroxylation is 2. The quantitative estimate of drug-likeness (QED) is 0.664. The number of phenols is 1. The monoisotopic (exact) mass is 252 g/mol. The van der Waals surface area contributed by atoms with Crippen molar-refractivity contribution in [2.45, 2.75) is 13.8 Å². The van der Waals surface area contributed by atoms with Gasteiger partial charge in [0.25, 0.3) is 0 Å². The molecule has 0 saturated heterocycles. The summed E-state index contributed by atoms with van der Waals surface area (Å²) in [4.78, 5) is 12.0. The third-order valence-electron chi connectivity index (χ3n) is 2.92. The lowest BCUT2D eigenvalue weighted by molar-refractivity contribution is 0.104. The molecule has 2 nitrogen and oxygen atoms in total. The Hall–Kier alpha value is -2.35. The van der Waals surface area contributed by atoms with E-state index >= 15 is 0 Å². The molecule has 0 unspecified atom stereocenters. The second-order valence-corrected chi connectivity index (χ2v) is 4.63. The Labute approximate surface area is 113 Å². The van der Waals surface area contributed by atoms with Crippen molar-refractivity contribution in [3.8, 4) is 5.75 Å². The van der Waals surface area contributed by atoms with E-state index in [1.165, 1.54) is 11.6 Å². The Kier molecular flexibility index (Phi) is 3.81. The Morgan fingerprint density at radius 2 is 1.63 bits per heavy atom. The standard InChI is InChI=1S/C17H16O2/c1-12-3-6-14(7-4-12)8-10-17(19)15-11-13(2)5-9-16(15)18/h3-11,18H,1-2H3/b10-8+. The first-order chi connectivity index (χ1) is 9.06. The minimum atomic E-state index is -0.193. The summed E-state index contributed by atoms with van der Waals surface area (Å²) in [6.45, 7) is 3.91. The Bertz CT molecular complexity index is 622. The van der Waals surface area contributed by atoms with Crippen molar-refractivity contribution >= 4 is 11.9 Å². The molecule has 0 fully saturated rings. The van der Waals surface area contributed by atoms with Crippen molar-refractivity contribution in [1.29, 1.82) is 0 Å². The summed E-state index contributed by atoms with van der Waals surface area (Å²) in [6.07, 6.45) is 3.24.